The van der Waals surface area contributed by atoms with Gasteiger partial charge >= 0.3 is 0 Å². The Kier molecular flexibility index (Phi) is 3.88. The molecule has 0 amide bonds. The Morgan fingerprint density at radius 1 is 1.09 bits per heavy atom. The van der Waals surface area contributed by atoms with Crippen LogP contribution >= 0.6 is 39.3 Å². The molecule has 0 saturated heterocycles. The summed E-state index contributed by atoms with van der Waals surface area (Å²) in [4.78, 5) is 0. The molecule has 3 aromatic rings. The van der Waals surface area contributed by atoms with Crippen molar-refractivity contribution in [2.45, 2.75) is 5.16 Å². The molecule has 0 radical (unpaired) electrons. The minimum Gasteiger partial charge on any atom is -0.289 e. The summed E-state index contributed by atoms with van der Waals surface area (Å²) >= 11 is 11.3. The molecule has 1 aliphatic heterocycles. The lowest BCUT2D eigenvalue weighted by Crippen LogP contribution is -2.18. The van der Waals surface area contributed by atoms with Crippen molar-refractivity contribution in [3.05, 3.63) is 69.0 Å². The first kappa shape index (κ1) is 14.8. The van der Waals surface area contributed by atoms with Crippen LogP contribution in [0.1, 0.15) is 5.56 Å². The van der Waals surface area contributed by atoms with Crippen molar-refractivity contribution in [1.82, 2.24) is 14.9 Å². The molecule has 7 heteroatoms. The highest BCUT2D eigenvalue weighted by molar-refractivity contribution is 9.10. The van der Waals surface area contributed by atoms with Crippen LogP contribution < -0.4 is 5.43 Å². The smallest absolute Gasteiger partial charge is 0.214 e. The molecule has 0 atom stereocenters. The van der Waals surface area contributed by atoms with Gasteiger partial charge in [-0.1, -0.05) is 63.6 Å². The maximum atomic E-state index is 6.30. The van der Waals surface area contributed by atoms with Crippen LogP contribution in [0.2, 0.25) is 5.02 Å². The minimum atomic E-state index is 0.646. The number of hydrogen-bond acceptors (Lipinski definition) is 4. The van der Waals surface area contributed by atoms with Crippen molar-refractivity contribution in [2.75, 3.05) is 5.43 Å². The molecule has 2 aromatic carbocycles. The molecule has 0 unspecified atom stereocenters. The van der Waals surface area contributed by atoms with E-state index >= 15 is 0 Å². The number of rotatable bonds is 2. The number of nitrogens with one attached hydrogen (secondary N) is 1. The number of thioether (sulfide) groups is 1. The van der Waals surface area contributed by atoms with Gasteiger partial charge in [0.15, 0.2) is 5.82 Å². The number of fused-ring (bicyclic) bond motifs is 1. The van der Waals surface area contributed by atoms with E-state index in [9.17, 15) is 0 Å². The molecule has 114 valence electrons. The first-order valence-electron chi connectivity index (χ1n) is 6.82. The molecule has 2 heterocycles. The summed E-state index contributed by atoms with van der Waals surface area (Å²) in [5, 5.41) is 12.0. The van der Waals surface area contributed by atoms with Gasteiger partial charge in [-0.05, 0) is 24.3 Å². The van der Waals surface area contributed by atoms with Crippen molar-refractivity contribution < 1.29 is 0 Å². The van der Waals surface area contributed by atoms with Gasteiger partial charge < -0.3 is 0 Å². The molecule has 1 aromatic heterocycles. The fourth-order valence-electron chi connectivity index (χ4n) is 2.31. The van der Waals surface area contributed by atoms with Crippen molar-refractivity contribution in [1.29, 1.82) is 0 Å². The largest absolute Gasteiger partial charge is 0.289 e. The molecule has 0 spiro atoms. The Morgan fingerprint density at radius 2 is 1.96 bits per heavy atom. The first-order chi connectivity index (χ1) is 11.2. The maximum Gasteiger partial charge on any atom is 0.214 e. The van der Waals surface area contributed by atoms with Gasteiger partial charge in [-0.25, -0.2) is 4.68 Å². The molecule has 4 nitrogen and oxygen atoms in total. The van der Waals surface area contributed by atoms with Gasteiger partial charge in [0.05, 0.1) is 10.7 Å². The lowest BCUT2D eigenvalue weighted by Gasteiger charge is -2.19. The van der Waals surface area contributed by atoms with Crippen LogP contribution in [-0.4, -0.2) is 14.9 Å². The van der Waals surface area contributed by atoms with E-state index in [1.807, 2.05) is 46.5 Å². The van der Waals surface area contributed by atoms with Crippen molar-refractivity contribution in [2.24, 2.45) is 0 Å². The van der Waals surface area contributed by atoms with Crippen molar-refractivity contribution in [3.63, 3.8) is 0 Å². The highest BCUT2D eigenvalue weighted by atomic mass is 79.9. The van der Waals surface area contributed by atoms with E-state index in [0.29, 0.717) is 10.8 Å². The van der Waals surface area contributed by atoms with Gasteiger partial charge in [0.25, 0.3) is 0 Å². The molecule has 0 bridgehead atoms. The zero-order chi connectivity index (χ0) is 15.8. The number of benzene rings is 2. The predicted octanol–water partition coefficient (Wildman–Crippen LogP) is 5.01. The first-order valence-corrected chi connectivity index (χ1v) is 8.87. The Balaban J connectivity index is 1.74. The molecule has 0 aliphatic carbocycles. The fraction of sp³-hybridized carbons (Fsp3) is 0. The molecular weight excluding hydrogens is 396 g/mol. The van der Waals surface area contributed by atoms with Gasteiger partial charge in [-0.2, -0.15) is 0 Å². The van der Waals surface area contributed by atoms with E-state index in [1.54, 1.807) is 0 Å². The minimum absolute atomic E-state index is 0.646. The van der Waals surface area contributed by atoms with Crippen LogP contribution in [0.5, 0.6) is 0 Å². The Morgan fingerprint density at radius 3 is 2.78 bits per heavy atom. The highest BCUT2D eigenvalue weighted by Crippen LogP contribution is 2.33. The number of hydrogen-bond donors (Lipinski definition) is 1. The zero-order valence-electron chi connectivity index (χ0n) is 11.7. The third-order valence-electron chi connectivity index (χ3n) is 3.40. The monoisotopic (exact) mass is 404 g/mol. The van der Waals surface area contributed by atoms with Crippen molar-refractivity contribution in [3.8, 4) is 11.4 Å². The van der Waals surface area contributed by atoms with Gasteiger partial charge in [0.2, 0.25) is 5.16 Å². The van der Waals surface area contributed by atoms with E-state index in [2.05, 4.69) is 43.7 Å². The average Bonchev–Trinajstić information content (AvgIpc) is 2.98. The van der Waals surface area contributed by atoms with Crippen LogP contribution in [0.15, 0.2) is 63.6 Å². The zero-order valence-corrected chi connectivity index (χ0v) is 14.9. The number of nitrogens with zero attached hydrogens (tertiary/aromatic N) is 3. The van der Waals surface area contributed by atoms with Crippen LogP contribution in [0.4, 0.5) is 0 Å². The molecule has 1 N–H and O–H groups in total. The SMILES string of the molecule is Clc1ccccc1-c1nnc2n1NC(c1cccc(Br)c1)=CS2. The Labute approximate surface area is 150 Å². The topological polar surface area (TPSA) is 42.7 Å². The second-order valence-corrected chi connectivity index (χ2v) is 7.05. The summed E-state index contributed by atoms with van der Waals surface area (Å²) < 4.78 is 2.89. The lowest BCUT2D eigenvalue weighted by atomic mass is 10.2. The van der Waals surface area contributed by atoms with Crippen LogP contribution in [0.25, 0.3) is 17.1 Å². The number of halogens is 2. The third kappa shape index (κ3) is 2.78. The molecular formula is C16H10BrClN4S. The quantitative estimate of drug-likeness (QED) is 0.651. The van der Waals surface area contributed by atoms with Crippen LogP contribution in [-0.2, 0) is 0 Å². The molecule has 4 rings (SSSR count). The van der Waals surface area contributed by atoms with Gasteiger partial charge in [0, 0.05) is 21.0 Å². The van der Waals surface area contributed by atoms with Gasteiger partial charge in [0.1, 0.15) is 0 Å². The van der Waals surface area contributed by atoms with E-state index in [0.717, 1.165) is 26.5 Å². The Hall–Kier alpha value is -1.76. The standard InChI is InChI=1S/C16H10BrClN4S/c17-11-5-3-4-10(8-11)14-9-23-16-20-19-15(22(16)21-14)12-6-1-2-7-13(12)18/h1-9,21H. The van der Waals surface area contributed by atoms with E-state index in [-0.39, 0.29) is 0 Å². The molecule has 0 fully saturated rings. The fourth-order valence-corrected chi connectivity index (χ4v) is 3.67. The summed E-state index contributed by atoms with van der Waals surface area (Å²) in [5.74, 6) is 0.693. The maximum absolute atomic E-state index is 6.30. The lowest BCUT2D eigenvalue weighted by molar-refractivity contribution is 0.826. The third-order valence-corrected chi connectivity index (χ3v) is 5.05. The molecule has 23 heavy (non-hydrogen) atoms. The average molecular weight is 406 g/mol. The number of aromatic nitrogens is 3. The summed E-state index contributed by atoms with van der Waals surface area (Å²) in [7, 11) is 0. The summed E-state index contributed by atoms with van der Waals surface area (Å²) in [5.41, 5.74) is 6.27. The summed E-state index contributed by atoms with van der Waals surface area (Å²) in [6.45, 7) is 0. The van der Waals surface area contributed by atoms with E-state index in [4.69, 9.17) is 11.6 Å². The van der Waals surface area contributed by atoms with Gasteiger partial charge in [-0.15, -0.1) is 10.2 Å². The summed E-state index contributed by atoms with van der Waals surface area (Å²) in [6.07, 6.45) is 0. The van der Waals surface area contributed by atoms with E-state index in [1.165, 1.54) is 11.8 Å². The van der Waals surface area contributed by atoms with Crippen LogP contribution in [0, 0.1) is 0 Å². The van der Waals surface area contributed by atoms with Crippen LogP contribution in [0.3, 0.4) is 0 Å². The molecule has 1 aliphatic rings. The molecule has 0 saturated carbocycles. The van der Waals surface area contributed by atoms with Crippen molar-refractivity contribution >= 4 is 45.0 Å². The second-order valence-electron chi connectivity index (χ2n) is 4.89. The summed E-state index contributed by atoms with van der Waals surface area (Å²) in [6, 6.07) is 15.7. The van der Waals surface area contributed by atoms with Gasteiger partial charge in [-0.3, -0.25) is 5.43 Å². The highest BCUT2D eigenvalue weighted by Gasteiger charge is 2.20. The normalized spacial score (nSPS) is 13.2. The Bertz CT molecular complexity index is 922. The second kappa shape index (κ2) is 6.03. The van der Waals surface area contributed by atoms with E-state index < -0.39 is 0 Å². The predicted molar refractivity (Wildman–Crippen MR) is 97.8 cm³/mol.